The molecule has 3 heterocycles. The van der Waals surface area contributed by atoms with Crippen LogP contribution in [-0.4, -0.2) is 45.6 Å². The number of hydrogen-bond acceptors (Lipinski definition) is 5. The molecule has 0 radical (unpaired) electrons. The van der Waals surface area contributed by atoms with Gasteiger partial charge in [0.05, 0.1) is 0 Å². The van der Waals surface area contributed by atoms with E-state index >= 15 is 0 Å². The highest BCUT2D eigenvalue weighted by Crippen LogP contribution is 2.29. The summed E-state index contributed by atoms with van der Waals surface area (Å²) in [4.78, 5) is 23.9. The fourth-order valence-corrected chi connectivity index (χ4v) is 3.40. The molecule has 0 spiro atoms. The van der Waals surface area contributed by atoms with Crippen molar-refractivity contribution in [3.63, 3.8) is 0 Å². The Hall–Kier alpha value is -3.13. The van der Waals surface area contributed by atoms with E-state index in [1.54, 1.807) is 19.3 Å². The van der Waals surface area contributed by atoms with Crippen LogP contribution in [0, 0.1) is 11.6 Å². The highest BCUT2D eigenvalue weighted by atomic mass is 19.1. The zero-order valence-corrected chi connectivity index (χ0v) is 16.2. The predicted molar refractivity (Wildman–Crippen MR) is 107 cm³/mol. The summed E-state index contributed by atoms with van der Waals surface area (Å²) in [7, 11) is 3.70. The van der Waals surface area contributed by atoms with Crippen LogP contribution >= 0.6 is 0 Å². The van der Waals surface area contributed by atoms with Crippen molar-refractivity contribution >= 4 is 5.82 Å². The van der Waals surface area contributed by atoms with Gasteiger partial charge in [0.25, 0.3) is 5.56 Å². The quantitative estimate of drug-likeness (QED) is 0.662. The van der Waals surface area contributed by atoms with Crippen LogP contribution in [0.2, 0.25) is 0 Å². The van der Waals surface area contributed by atoms with Crippen molar-refractivity contribution < 1.29 is 8.78 Å². The third kappa shape index (κ3) is 3.88. The average Bonchev–Trinajstić information content (AvgIpc) is 2.66. The molecule has 0 N–H and O–H groups in total. The molecule has 1 aliphatic rings. The molecule has 1 aliphatic heterocycles. The molecule has 0 bridgehead atoms. The summed E-state index contributed by atoms with van der Waals surface area (Å²) in [5.41, 5.74) is 1.57. The van der Waals surface area contributed by atoms with Gasteiger partial charge in [-0.25, -0.2) is 18.7 Å². The smallest absolute Gasteiger partial charge is 0.250 e. The van der Waals surface area contributed by atoms with Gasteiger partial charge >= 0.3 is 0 Å². The molecular formula is C21H21F2N5O. The molecule has 3 aromatic rings. The minimum atomic E-state index is -0.508. The number of pyridine rings is 1. The second-order valence-corrected chi connectivity index (χ2v) is 7.32. The van der Waals surface area contributed by atoms with E-state index in [0.29, 0.717) is 25.2 Å². The lowest BCUT2D eigenvalue weighted by Gasteiger charge is -2.44. The molecule has 0 saturated carbocycles. The third-order valence-corrected chi connectivity index (χ3v) is 5.27. The molecule has 6 nitrogen and oxygen atoms in total. The lowest BCUT2D eigenvalue weighted by molar-refractivity contribution is 0.196. The van der Waals surface area contributed by atoms with Crippen LogP contribution in [0.1, 0.15) is 5.56 Å². The Morgan fingerprint density at radius 3 is 2.55 bits per heavy atom. The number of aryl methyl sites for hydroxylation is 1. The van der Waals surface area contributed by atoms with Gasteiger partial charge in [0.1, 0.15) is 17.8 Å². The molecule has 0 aliphatic carbocycles. The Morgan fingerprint density at radius 1 is 1.14 bits per heavy atom. The van der Waals surface area contributed by atoms with Crippen molar-refractivity contribution in [3.05, 3.63) is 76.5 Å². The van der Waals surface area contributed by atoms with E-state index in [1.165, 1.54) is 35.2 Å². The van der Waals surface area contributed by atoms with Gasteiger partial charge in [0, 0.05) is 50.6 Å². The maximum atomic E-state index is 15.0. The van der Waals surface area contributed by atoms with Crippen molar-refractivity contribution in [1.82, 2.24) is 19.4 Å². The van der Waals surface area contributed by atoms with Gasteiger partial charge in [0.2, 0.25) is 0 Å². The van der Waals surface area contributed by atoms with Gasteiger partial charge in [-0.2, -0.15) is 0 Å². The molecule has 8 heteroatoms. The lowest BCUT2D eigenvalue weighted by Crippen LogP contribution is -2.58. The van der Waals surface area contributed by atoms with E-state index in [9.17, 15) is 13.6 Å². The Kier molecular flexibility index (Phi) is 5.10. The number of rotatable bonds is 5. The fraction of sp³-hybridized carbons (Fsp3) is 0.286. The highest BCUT2D eigenvalue weighted by Gasteiger charge is 2.33. The summed E-state index contributed by atoms with van der Waals surface area (Å²) >= 11 is 0. The number of halogens is 2. The fourth-order valence-electron chi connectivity index (χ4n) is 3.40. The normalized spacial score (nSPS) is 14.3. The number of hydrogen-bond donors (Lipinski definition) is 0. The third-order valence-electron chi connectivity index (χ3n) is 5.27. The Morgan fingerprint density at radius 2 is 1.86 bits per heavy atom. The maximum absolute atomic E-state index is 15.0. The second-order valence-electron chi connectivity index (χ2n) is 7.32. The van der Waals surface area contributed by atoms with Gasteiger partial charge in [-0.3, -0.25) is 9.69 Å². The number of nitrogens with zero attached hydrogens (tertiary/aromatic N) is 5. The van der Waals surface area contributed by atoms with Crippen LogP contribution in [0.4, 0.5) is 14.6 Å². The molecule has 4 rings (SSSR count). The van der Waals surface area contributed by atoms with E-state index in [4.69, 9.17) is 0 Å². The first-order valence-corrected chi connectivity index (χ1v) is 9.29. The number of anilines is 1. The molecular weight excluding hydrogens is 376 g/mol. The Labute approximate surface area is 167 Å². The number of likely N-dealkylation sites (N-methyl/N-ethyl adjacent to an activating group) is 1. The van der Waals surface area contributed by atoms with Gasteiger partial charge in [-0.1, -0.05) is 0 Å². The van der Waals surface area contributed by atoms with E-state index in [0.717, 1.165) is 5.56 Å². The largest absolute Gasteiger partial charge is 0.351 e. The SMILES string of the molecule is CN(Cc1ccn(C)c(=O)c1)C1CN(c2ncnc(-c3ccc(F)cc3)c2F)C1. The van der Waals surface area contributed by atoms with Gasteiger partial charge < -0.3 is 9.47 Å². The van der Waals surface area contributed by atoms with Crippen molar-refractivity contribution in [3.8, 4) is 11.3 Å². The molecule has 29 heavy (non-hydrogen) atoms. The lowest BCUT2D eigenvalue weighted by atomic mass is 10.1. The molecule has 2 aromatic heterocycles. The molecule has 1 fully saturated rings. The molecule has 150 valence electrons. The van der Waals surface area contributed by atoms with Crippen molar-refractivity contribution in [1.29, 1.82) is 0 Å². The van der Waals surface area contributed by atoms with Crippen LogP contribution in [0.25, 0.3) is 11.3 Å². The minimum absolute atomic E-state index is 0.0393. The molecule has 0 unspecified atom stereocenters. The monoisotopic (exact) mass is 397 g/mol. The first kappa shape index (κ1) is 19.2. The van der Waals surface area contributed by atoms with Crippen molar-refractivity contribution in [2.75, 3.05) is 25.0 Å². The standard InChI is InChI=1S/C21H21F2N5O/c1-26-8-7-14(9-18(26)29)10-27(2)17-11-28(12-17)21-19(23)20(24-13-25-21)15-3-5-16(22)6-4-15/h3-9,13,17H,10-12H2,1-2H3. The minimum Gasteiger partial charge on any atom is -0.351 e. The van der Waals surface area contributed by atoms with Crippen LogP contribution < -0.4 is 10.5 Å². The first-order valence-electron chi connectivity index (χ1n) is 9.29. The number of benzene rings is 1. The topological polar surface area (TPSA) is 54.3 Å². The van der Waals surface area contributed by atoms with E-state index in [2.05, 4.69) is 14.9 Å². The summed E-state index contributed by atoms with van der Waals surface area (Å²) in [6.07, 6.45) is 3.08. The van der Waals surface area contributed by atoms with E-state index in [1.807, 2.05) is 18.0 Å². The summed E-state index contributed by atoms with van der Waals surface area (Å²) in [6, 6.07) is 9.34. The van der Waals surface area contributed by atoms with Crippen LogP contribution in [-0.2, 0) is 13.6 Å². The van der Waals surface area contributed by atoms with Crippen molar-refractivity contribution in [2.24, 2.45) is 7.05 Å². The Balaban J connectivity index is 1.44. The van der Waals surface area contributed by atoms with Crippen LogP contribution in [0.5, 0.6) is 0 Å². The molecule has 0 amide bonds. The molecule has 0 atom stereocenters. The zero-order chi connectivity index (χ0) is 20.5. The maximum Gasteiger partial charge on any atom is 0.250 e. The second kappa shape index (κ2) is 7.71. The van der Waals surface area contributed by atoms with Gasteiger partial charge in [-0.15, -0.1) is 0 Å². The van der Waals surface area contributed by atoms with Crippen molar-refractivity contribution in [2.45, 2.75) is 12.6 Å². The number of aromatic nitrogens is 3. The van der Waals surface area contributed by atoms with E-state index in [-0.39, 0.29) is 28.9 Å². The summed E-state index contributed by atoms with van der Waals surface area (Å²) < 4.78 is 29.6. The predicted octanol–water partition coefficient (Wildman–Crippen LogP) is 2.44. The summed E-state index contributed by atoms with van der Waals surface area (Å²) in [6.45, 7) is 1.89. The molecule has 1 aromatic carbocycles. The van der Waals surface area contributed by atoms with Gasteiger partial charge in [0.15, 0.2) is 11.6 Å². The summed E-state index contributed by atoms with van der Waals surface area (Å²) in [5, 5.41) is 0. The molecule has 1 saturated heterocycles. The summed E-state index contributed by atoms with van der Waals surface area (Å²) in [5.74, 6) is -0.641. The van der Waals surface area contributed by atoms with E-state index < -0.39 is 5.82 Å². The average molecular weight is 397 g/mol. The van der Waals surface area contributed by atoms with Crippen LogP contribution in [0.3, 0.4) is 0 Å². The van der Waals surface area contributed by atoms with Gasteiger partial charge in [-0.05, 0) is 42.9 Å². The first-order chi connectivity index (χ1) is 13.9. The van der Waals surface area contributed by atoms with Crippen LogP contribution in [0.15, 0.2) is 53.7 Å². The zero-order valence-electron chi connectivity index (χ0n) is 16.2. The highest BCUT2D eigenvalue weighted by molar-refractivity contribution is 5.64. The Bertz CT molecular complexity index is 1080.